The molecule has 206 valence electrons. The Balaban J connectivity index is 1.17. The number of anilines is 1. The lowest BCUT2D eigenvalue weighted by Gasteiger charge is -2.43. The number of hydrogen-bond donors (Lipinski definition) is 0. The topological polar surface area (TPSA) is 61.8 Å². The molecule has 2 aliphatic heterocycles. The summed E-state index contributed by atoms with van der Waals surface area (Å²) in [6.07, 6.45) is 13.4. The van der Waals surface area contributed by atoms with E-state index in [-0.39, 0.29) is 12.3 Å². The van der Waals surface area contributed by atoms with Crippen LogP contribution in [0.1, 0.15) is 49.4 Å². The molecule has 0 radical (unpaired) electrons. The van der Waals surface area contributed by atoms with Crippen LogP contribution in [-0.2, 0) is 29.0 Å². The molecule has 2 fully saturated rings. The highest BCUT2D eigenvalue weighted by molar-refractivity contribution is 5.80. The Hall–Kier alpha value is -3.45. The van der Waals surface area contributed by atoms with Crippen LogP contribution < -0.4 is 4.90 Å². The van der Waals surface area contributed by atoms with Gasteiger partial charge < -0.3 is 14.5 Å². The average molecular weight is 528 g/mol. The third-order valence-corrected chi connectivity index (χ3v) is 8.23. The second-order valence-corrected chi connectivity index (χ2v) is 10.7. The summed E-state index contributed by atoms with van der Waals surface area (Å²) in [5, 5.41) is 0. The fraction of sp³-hybridized carbons (Fsp3) is 0.469. The molecule has 3 aliphatic rings. The van der Waals surface area contributed by atoms with Crippen molar-refractivity contribution in [3.63, 3.8) is 0 Å². The molecule has 0 atom stereocenters. The van der Waals surface area contributed by atoms with Crippen molar-refractivity contribution in [2.24, 2.45) is 0 Å². The van der Waals surface area contributed by atoms with Crippen LogP contribution in [0.2, 0.25) is 0 Å². The Bertz CT molecular complexity index is 1200. The van der Waals surface area contributed by atoms with Crippen molar-refractivity contribution >= 4 is 11.9 Å². The lowest BCUT2D eigenvalue weighted by atomic mass is 9.91. The van der Waals surface area contributed by atoms with Gasteiger partial charge in [0.1, 0.15) is 12.4 Å². The number of amides is 1. The SMILES string of the molecule is C=C/C=C(CC(=O)N1CCc2cnc(N3CCN(C4CCC4)CC3)nc2CC1)\C(=C/C)OCc1ccccc1. The molecule has 0 bridgehead atoms. The van der Waals surface area contributed by atoms with E-state index in [0.29, 0.717) is 19.7 Å². The summed E-state index contributed by atoms with van der Waals surface area (Å²) in [6.45, 7) is 11.7. The van der Waals surface area contributed by atoms with Crippen LogP contribution in [0.3, 0.4) is 0 Å². The van der Waals surface area contributed by atoms with Gasteiger partial charge in [-0.05, 0) is 43.4 Å². The number of rotatable bonds is 9. The largest absolute Gasteiger partial charge is 0.489 e. The van der Waals surface area contributed by atoms with E-state index in [1.54, 1.807) is 6.08 Å². The molecule has 1 amide bonds. The zero-order valence-corrected chi connectivity index (χ0v) is 23.2. The number of piperazine rings is 1. The van der Waals surface area contributed by atoms with Gasteiger partial charge in [0.25, 0.3) is 0 Å². The standard InChI is InChI=1S/C32H41N5O2/c1-3-9-26(30(4-2)39-24-25-10-6-5-7-11-25)22-31(38)36-16-14-27-23-33-32(34-29(27)15-17-36)37-20-18-35(19-21-37)28-12-8-13-28/h3-7,9-11,23,28H,1,8,12-22,24H2,2H3/b26-9-,30-4+. The van der Waals surface area contributed by atoms with Crippen LogP contribution >= 0.6 is 0 Å². The van der Waals surface area contributed by atoms with E-state index in [4.69, 9.17) is 14.7 Å². The molecule has 2 aromatic rings. The molecule has 1 aromatic heterocycles. The number of hydrogen-bond acceptors (Lipinski definition) is 6. The molecule has 5 rings (SSSR count). The minimum absolute atomic E-state index is 0.0962. The van der Waals surface area contributed by atoms with Gasteiger partial charge in [-0.25, -0.2) is 9.97 Å². The summed E-state index contributed by atoms with van der Waals surface area (Å²) >= 11 is 0. The summed E-state index contributed by atoms with van der Waals surface area (Å²) < 4.78 is 6.10. The van der Waals surface area contributed by atoms with E-state index >= 15 is 0 Å². The Kier molecular flexibility index (Phi) is 9.09. The lowest BCUT2D eigenvalue weighted by molar-refractivity contribution is -0.130. The lowest BCUT2D eigenvalue weighted by Crippen LogP contribution is -2.52. The summed E-state index contributed by atoms with van der Waals surface area (Å²) in [4.78, 5) is 30.1. The van der Waals surface area contributed by atoms with Crippen LogP contribution in [0.25, 0.3) is 0 Å². The molecular weight excluding hydrogens is 486 g/mol. The smallest absolute Gasteiger partial charge is 0.227 e. The minimum atomic E-state index is 0.0962. The first-order valence-corrected chi connectivity index (χ1v) is 14.4. The van der Waals surface area contributed by atoms with Crippen molar-refractivity contribution in [2.75, 3.05) is 44.2 Å². The number of ether oxygens (including phenoxy) is 1. The molecule has 1 saturated heterocycles. The molecule has 3 heterocycles. The number of fused-ring (bicyclic) bond motifs is 1. The van der Waals surface area contributed by atoms with Crippen molar-refractivity contribution in [1.29, 1.82) is 0 Å². The number of carbonyl (C=O) groups is 1. The number of allylic oxidation sites excluding steroid dienone is 4. The first-order valence-electron chi connectivity index (χ1n) is 14.4. The summed E-state index contributed by atoms with van der Waals surface area (Å²) in [7, 11) is 0. The Labute approximate surface area is 232 Å². The second kappa shape index (κ2) is 13.1. The van der Waals surface area contributed by atoms with E-state index < -0.39 is 0 Å². The second-order valence-electron chi connectivity index (χ2n) is 10.7. The van der Waals surface area contributed by atoms with Crippen molar-refractivity contribution in [3.05, 3.63) is 89.5 Å². The van der Waals surface area contributed by atoms with Crippen molar-refractivity contribution in [2.45, 2.75) is 58.1 Å². The summed E-state index contributed by atoms with van der Waals surface area (Å²) in [5.41, 5.74) is 4.17. The highest BCUT2D eigenvalue weighted by Gasteiger charge is 2.29. The molecule has 39 heavy (non-hydrogen) atoms. The molecular formula is C32H41N5O2. The monoisotopic (exact) mass is 527 g/mol. The van der Waals surface area contributed by atoms with Crippen LogP contribution in [0.15, 0.2) is 72.7 Å². The number of benzene rings is 1. The first-order chi connectivity index (χ1) is 19.1. The Morgan fingerprint density at radius 3 is 2.54 bits per heavy atom. The summed E-state index contributed by atoms with van der Waals surface area (Å²) in [6, 6.07) is 10.9. The van der Waals surface area contributed by atoms with Gasteiger partial charge in [0.2, 0.25) is 11.9 Å². The van der Waals surface area contributed by atoms with E-state index in [0.717, 1.165) is 79.2 Å². The normalized spacial score (nSPS) is 19.2. The van der Waals surface area contributed by atoms with Crippen LogP contribution in [0.5, 0.6) is 0 Å². The third kappa shape index (κ3) is 6.77. The van der Waals surface area contributed by atoms with Crippen LogP contribution in [0, 0.1) is 0 Å². The number of nitrogens with zero attached hydrogens (tertiary/aromatic N) is 5. The molecule has 0 N–H and O–H groups in total. The van der Waals surface area contributed by atoms with Crippen molar-refractivity contribution in [1.82, 2.24) is 19.8 Å². The maximum atomic E-state index is 13.4. The summed E-state index contributed by atoms with van der Waals surface area (Å²) in [5.74, 6) is 1.66. The Morgan fingerprint density at radius 1 is 1.08 bits per heavy atom. The van der Waals surface area contributed by atoms with Gasteiger partial charge in [0.15, 0.2) is 0 Å². The number of carbonyl (C=O) groups excluding carboxylic acids is 1. The van der Waals surface area contributed by atoms with E-state index in [9.17, 15) is 4.79 Å². The van der Waals surface area contributed by atoms with Gasteiger partial charge >= 0.3 is 0 Å². The third-order valence-electron chi connectivity index (χ3n) is 8.23. The van der Waals surface area contributed by atoms with E-state index in [1.807, 2.05) is 60.5 Å². The molecule has 7 heteroatoms. The van der Waals surface area contributed by atoms with Crippen molar-refractivity contribution < 1.29 is 9.53 Å². The zero-order valence-electron chi connectivity index (χ0n) is 23.2. The predicted molar refractivity (Wildman–Crippen MR) is 155 cm³/mol. The highest BCUT2D eigenvalue weighted by Crippen LogP contribution is 2.27. The molecule has 7 nitrogen and oxygen atoms in total. The van der Waals surface area contributed by atoms with Crippen LogP contribution in [0.4, 0.5) is 5.95 Å². The first kappa shape index (κ1) is 27.1. The van der Waals surface area contributed by atoms with E-state index in [1.165, 1.54) is 19.3 Å². The van der Waals surface area contributed by atoms with Gasteiger partial charge in [-0.3, -0.25) is 9.69 Å². The quantitative estimate of drug-likeness (QED) is 0.348. The van der Waals surface area contributed by atoms with Crippen molar-refractivity contribution in [3.8, 4) is 0 Å². The van der Waals surface area contributed by atoms with E-state index in [2.05, 4.69) is 16.4 Å². The fourth-order valence-electron chi connectivity index (χ4n) is 5.65. The molecule has 1 aliphatic carbocycles. The molecule has 0 unspecified atom stereocenters. The van der Waals surface area contributed by atoms with Gasteiger partial charge in [0, 0.05) is 63.5 Å². The molecule has 1 aromatic carbocycles. The highest BCUT2D eigenvalue weighted by atomic mass is 16.5. The molecule has 1 saturated carbocycles. The maximum Gasteiger partial charge on any atom is 0.227 e. The van der Waals surface area contributed by atoms with Crippen LogP contribution in [-0.4, -0.2) is 71.0 Å². The van der Waals surface area contributed by atoms with Gasteiger partial charge in [-0.2, -0.15) is 0 Å². The molecule has 0 spiro atoms. The number of aromatic nitrogens is 2. The maximum absolute atomic E-state index is 13.4. The van der Waals surface area contributed by atoms with Gasteiger partial charge in [-0.15, -0.1) is 0 Å². The van der Waals surface area contributed by atoms with Gasteiger partial charge in [0.05, 0.1) is 12.1 Å². The fourth-order valence-corrected chi connectivity index (χ4v) is 5.65. The Morgan fingerprint density at radius 2 is 1.85 bits per heavy atom. The zero-order chi connectivity index (χ0) is 27.0. The predicted octanol–water partition coefficient (Wildman–Crippen LogP) is 4.70. The minimum Gasteiger partial charge on any atom is -0.489 e. The average Bonchev–Trinajstić information content (AvgIpc) is 3.16. The van der Waals surface area contributed by atoms with Gasteiger partial charge in [-0.1, -0.05) is 55.5 Å².